The molecule has 1 saturated heterocycles. The van der Waals surface area contributed by atoms with Crippen molar-refractivity contribution in [2.45, 2.75) is 31.4 Å². The molecule has 3 nitrogen and oxygen atoms in total. The van der Waals surface area contributed by atoms with Crippen LogP contribution in [0.4, 0.5) is 26.3 Å². The number of nitrogens with zero attached hydrogens (tertiary/aromatic N) is 2. The fourth-order valence-corrected chi connectivity index (χ4v) is 6.01. The van der Waals surface area contributed by atoms with Crippen LogP contribution in [0, 0.1) is 0 Å². The van der Waals surface area contributed by atoms with Gasteiger partial charge in [-0.3, -0.25) is 9.69 Å². The third kappa shape index (κ3) is 6.12. The number of halogens is 6. The second-order valence-electron chi connectivity index (χ2n) is 9.63. The Labute approximate surface area is 225 Å². The minimum absolute atomic E-state index is 0.0452. The highest BCUT2D eigenvalue weighted by atomic mass is 32.1. The van der Waals surface area contributed by atoms with Gasteiger partial charge < -0.3 is 4.90 Å². The Morgan fingerprint density at radius 1 is 0.846 bits per heavy atom. The van der Waals surface area contributed by atoms with Crippen molar-refractivity contribution in [2.24, 2.45) is 0 Å². The van der Waals surface area contributed by atoms with Gasteiger partial charge in [0, 0.05) is 42.5 Å². The third-order valence-corrected chi connectivity index (χ3v) is 7.94. The molecule has 1 atom stereocenters. The summed E-state index contributed by atoms with van der Waals surface area (Å²) in [5, 5.41) is 3.02. The first-order valence-electron chi connectivity index (χ1n) is 12.3. The number of carbonyl (C=O) groups excluding carboxylic acids is 1. The molecule has 5 rings (SSSR count). The van der Waals surface area contributed by atoms with Gasteiger partial charge in [-0.25, -0.2) is 0 Å². The Balaban J connectivity index is 1.48. The number of alkyl halides is 6. The summed E-state index contributed by atoms with van der Waals surface area (Å²) in [5.41, 5.74) is -1.55. The lowest BCUT2D eigenvalue weighted by atomic mass is 9.98. The van der Waals surface area contributed by atoms with E-state index in [1.54, 1.807) is 11.3 Å². The maximum atomic E-state index is 13.6. The first kappa shape index (κ1) is 27.2. The van der Waals surface area contributed by atoms with Crippen molar-refractivity contribution in [3.63, 3.8) is 0 Å². The minimum atomic E-state index is -5.03. The van der Waals surface area contributed by atoms with Gasteiger partial charge in [0.25, 0.3) is 5.91 Å². The van der Waals surface area contributed by atoms with Gasteiger partial charge in [-0.15, -0.1) is 11.3 Å². The van der Waals surface area contributed by atoms with Crippen molar-refractivity contribution in [1.29, 1.82) is 0 Å². The number of thiophene rings is 1. The van der Waals surface area contributed by atoms with Crippen molar-refractivity contribution >= 4 is 27.3 Å². The van der Waals surface area contributed by atoms with E-state index in [1.807, 2.05) is 60.0 Å². The molecule has 0 saturated carbocycles. The molecule has 0 radical (unpaired) electrons. The molecule has 0 N–H and O–H groups in total. The summed E-state index contributed by atoms with van der Waals surface area (Å²) in [4.78, 5) is 17.2. The van der Waals surface area contributed by atoms with Crippen LogP contribution in [-0.4, -0.2) is 41.4 Å². The van der Waals surface area contributed by atoms with Gasteiger partial charge in [0.15, 0.2) is 0 Å². The molecule has 0 aliphatic carbocycles. The predicted molar refractivity (Wildman–Crippen MR) is 139 cm³/mol. The summed E-state index contributed by atoms with van der Waals surface area (Å²) in [7, 11) is 0. The molecule has 0 unspecified atom stereocenters. The molecule has 1 fully saturated rings. The summed E-state index contributed by atoms with van der Waals surface area (Å²) in [5.74, 6) is -0.838. The number of benzene rings is 3. The molecular formula is C29H24F6N2OS. The lowest BCUT2D eigenvalue weighted by Gasteiger charge is -2.42. The lowest BCUT2D eigenvalue weighted by Crippen LogP contribution is -2.55. The van der Waals surface area contributed by atoms with E-state index in [9.17, 15) is 31.1 Å². The van der Waals surface area contributed by atoms with E-state index in [0.717, 1.165) is 21.2 Å². The molecule has 39 heavy (non-hydrogen) atoms. The van der Waals surface area contributed by atoms with Crippen molar-refractivity contribution in [1.82, 2.24) is 9.80 Å². The highest BCUT2D eigenvalue weighted by Crippen LogP contribution is 2.37. The number of hydrogen-bond acceptors (Lipinski definition) is 3. The minimum Gasteiger partial charge on any atom is -0.333 e. The molecule has 10 heteroatoms. The Kier molecular flexibility index (Phi) is 7.43. The van der Waals surface area contributed by atoms with Crippen LogP contribution in [0.3, 0.4) is 0 Å². The van der Waals surface area contributed by atoms with Gasteiger partial charge >= 0.3 is 12.4 Å². The zero-order valence-electron chi connectivity index (χ0n) is 20.6. The van der Waals surface area contributed by atoms with Crippen molar-refractivity contribution in [2.75, 3.05) is 19.6 Å². The fourth-order valence-electron chi connectivity index (χ4n) is 5.04. The monoisotopic (exact) mass is 562 g/mol. The first-order chi connectivity index (χ1) is 18.5. The molecule has 1 aliphatic rings. The molecule has 1 aliphatic heterocycles. The molecule has 4 aromatic rings. The summed E-state index contributed by atoms with van der Waals surface area (Å²) >= 11 is 1.55. The number of hydrogen-bond donors (Lipinski definition) is 0. The van der Waals surface area contributed by atoms with E-state index in [1.165, 1.54) is 4.90 Å². The SMILES string of the molecule is O=C(c1cc(C(F)(F)F)cc(C(F)(F)F)c1)N1CCN(Cc2ccccc2)C[C@H]1Cc1csc2ccccc12. The van der Waals surface area contributed by atoms with E-state index >= 15 is 0 Å². The van der Waals surface area contributed by atoms with Gasteiger partial charge in [0.05, 0.1) is 11.1 Å². The van der Waals surface area contributed by atoms with Gasteiger partial charge in [0.1, 0.15) is 0 Å². The summed E-state index contributed by atoms with van der Waals surface area (Å²) < 4.78 is 81.9. The smallest absolute Gasteiger partial charge is 0.333 e. The second-order valence-corrected chi connectivity index (χ2v) is 10.5. The van der Waals surface area contributed by atoms with E-state index < -0.39 is 41.0 Å². The number of rotatable bonds is 5. The largest absolute Gasteiger partial charge is 0.416 e. The maximum absolute atomic E-state index is 13.6. The zero-order valence-corrected chi connectivity index (χ0v) is 21.4. The standard InChI is InChI=1S/C29H24F6N2OS/c30-28(31,32)22-12-20(13-23(15-22)29(33,34)35)27(38)37-11-10-36(16-19-6-2-1-3-7-19)17-24(37)14-21-18-39-26-9-5-4-8-25(21)26/h1-9,12-13,15,18,24H,10-11,14,16-17H2/t24-/m1/s1. The molecule has 3 aromatic carbocycles. The first-order valence-corrected chi connectivity index (χ1v) is 13.2. The molecule has 2 heterocycles. The Hall–Kier alpha value is -3.37. The molecule has 0 spiro atoms. The summed E-state index contributed by atoms with van der Waals surface area (Å²) in [6, 6.07) is 18.2. The van der Waals surface area contributed by atoms with Crippen LogP contribution in [-0.2, 0) is 25.3 Å². The zero-order chi connectivity index (χ0) is 27.8. The number of fused-ring (bicyclic) bond motifs is 1. The van der Waals surface area contributed by atoms with Crippen LogP contribution < -0.4 is 0 Å². The quantitative estimate of drug-likeness (QED) is 0.235. The highest BCUT2D eigenvalue weighted by molar-refractivity contribution is 7.17. The molecule has 0 bridgehead atoms. The van der Waals surface area contributed by atoms with Crippen LogP contribution in [0.1, 0.15) is 32.6 Å². The third-order valence-electron chi connectivity index (χ3n) is 6.93. The highest BCUT2D eigenvalue weighted by Gasteiger charge is 2.39. The Morgan fingerprint density at radius 2 is 1.49 bits per heavy atom. The molecule has 204 valence electrons. The van der Waals surface area contributed by atoms with Crippen molar-refractivity contribution in [3.8, 4) is 0 Å². The van der Waals surface area contributed by atoms with Gasteiger partial charge in [-0.1, -0.05) is 48.5 Å². The predicted octanol–water partition coefficient (Wildman–Crippen LogP) is 7.51. The maximum Gasteiger partial charge on any atom is 0.416 e. The summed E-state index contributed by atoms with van der Waals surface area (Å²) in [6.07, 6.45) is -9.63. The van der Waals surface area contributed by atoms with Crippen LogP contribution in [0.5, 0.6) is 0 Å². The Morgan fingerprint density at radius 3 is 2.15 bits per heavy atom. The van der Waals surface area contributed by atoms with E-state index in [-0.39, 0.29) is 12.6 Å². The topological polar surface area (TPSA) is 23.6 Å². The Bertz CT molecular complexity index is 1430. The van der Waals surface area contributed by atoms with E-state index in [0.29, 0.717) is 38.2 Å². The normalized spacial score (nSPS) is 17.1. The fraction of sp³-hybridized carbons (Fsp3) is 0.276. The second kappa shape index (κ2) is 10.7. The van der Waals surface area contributed by atoms with Gasteiger partial charge in [-0.2, -0.15) is 26.3 Å². The van der Waals surface area contributed by atoms with Crippen LogP contribution in [0.25, 0.3) is 10.1 Å². The lowest BCUT2D eigenvalue weighted by molar-refractivity contribution is -0.143. The average Bonchev–Trinajstić information content (AvgIpc) is 3.30. The van der Waals surface area contributed by atoms with E-state index in [4.69, 9.17) is 0 Å². The van der Waals surface area contributed by atoms with Crippen molar-refractivity contribution < 1.29 is 31.1 Å². The number of amides is 1. The van der Waals surface area contributed by atoms with Crippen LogP contribution >= 0.6 is 11.3 Å². The summed E-state index contributed by atoms with van der Waals surface area (Å²) in [6.45, 7) is 1.66. The molecule has 1 amide bonds. The average molecular weight is 563 g/mol. The molecule has 1 aromatic heterocycles. The van der Waals surface area contributed by atoms with Crippen LogP contribution in [0.2, 0.25) is 0 Å². The van der Waals surface area contributed by atoms with E-state index in [2.05, 4.69) is 4.90 Å². The van der Waals surface area contributed by atoms with Gasteiger partial charge in [-0.05, 0) is 52.6 Å². The molecular weight excluding hydrogens is 538 g/mol. The van der Waals surface area contributed by atoms with Crippen LogP contribution in [0.15, 0.2) is 78.2 Å². The number of carbonyl (C=O) groups is 1. The van der Waals surface area contributed by atoms with Crippen molar-refractivity contribution in [3.05, 3.63) is 106 Å². The van der Waals surface area contributed by atoms with Gasteiger partial charge in [0.2, 0.25) is 0 Å². The number of piperazine rings is 1.